The topological polar surface area (TPSA) is 70.1 Å². The smallest absolute Gasteiger partial charge is 0.268 e. The number of anilines is 2. The van der Waals surface area contributed by atoms with Gasteiger partial charge in [0, 0.05) is 32.8 Å². The van der Waals surface area contributed by atoms with Crippen molar-refractivity contribution in [2.24, 2.45) is 5.92 Å². The van der Waals surface area contributed by atoms with Crippen molar-refractivity contribution in [2.75, 3.05) is 11.5 Å². The molecule has 3 aromatic rings. The Morgan fingerprint density at radius 3 is 2.46 bits per heavy atom. The molecule has 0 aromatic heterocycles. The maximum absolute atomic E-state index is 16.2. The molecule has 5 atom stereocenters. The molecular formula is C32H34FIN2O4Si. The molecule has 1 fully saturated rings. The molecular weight excluding hydrogens is 650 g/mol. The molecule has 3 aromatic carbocycles. The Labute approximate surface area is 254 Å². The Kier molecular flexibility index (Phi) is 7.36. The van der Waals surface area contributed by atoms with Crippen molar-refractivity contribution in [3.05, 3.63) is 93.1 Å². The Balaban J connectivity index is 1.38. The number of ether oxygens (including phenoxy) is 1. The molecule has 0 bridgehead atoms. The van der Waals surface area contributed by atoms with Gasteiger partial charge in [-0.05, 0) is 83.6 Å². The molecule has 214 valence electrons. The molecule has 3 aliphatic rings. The van der Waals surface area contributed by atoms with E-state index in [2.05, 4.69) is 22.6 Å². The van der Waals surface area contributed by atoms with Crippen LogP contribution in [0.2, 0.25) is 18.6 Å². The van der Waals surface area contributed by atoms with Crippen molar-refractivity contribution in [3.63, 3.8) is 0 Å². The summed E-state index contributed by atoms with van der Waals surface area (Å²) in [5.41, 5.74) is 2.37. The van der Waals surface area contributed by atoms with Crippen LogP contribution >= 0.6 is 22.6 Å². The third-order valence-corrected chi connectivity index (χ3v) is 12.2. The van der Waals surface area contributed by atoms with Crippen molar-refractivity contribution in [1.29, 1.82) is 0 Å². The molecule has 0 radical (unpaired) electrons. The summed E-state index contributed by atoms with van der Waals surface area (Å²) in [4.78, 5) is 31.8. The second-order valence-electron chi connectivity index (χ2n) is 11.9. The van der Waals surface area contributed by atoms with Gasteiger partial charge in [-0.3, -0.25) is 14.5 Å². The molecule has 3 aliphatic heterocycles. The van der Waals surface area contributed by atoms with Gasteiger partial charge in [0.1, 0.15) is 0 Å². The van der Waals surface area contributed by atoms with Crippen LogP contribution in [-0.2, 0) is 32.9 Å². The number of rotatable bonds is 5. The zero-order valence-electron chi connectivity index (χ0n) is 23.4. The van der Waals surface area contributed by atoms with E-state index < -0.39 is 31.6 Å². The van der Waals surface area contributed by atoms with Gasteiger partial charge in [-0.1, -0.05) is 49.4 Å². The van der Waals surface area contributed by atoms with E-state index in [1.54, 1.807) is 22.9 Å². The van der Waals surface area contributed by atoms with E-state index in [0.717, 1.165) is 31.6 Å². The first kappa shape index (κ1) is 28.5. The second-order valence-corrected chi connectivity index (χ2v) is 17.0. The number of hydrogen-bond acceptors (Lipinski definition) is 4. The van der Waals surface area contributed by atoms with Crippen molar-refractivity contribution < 1.29 is 23.5 Å². The Morgan fingerprint density at radius 2 is 1.78 bits per heavy atom. The highest BCUT2D eigenvalue weighted by atomic mass is 127. The monoisotopic (exact) mass is 684 g/mol. The van der Waals surface area contributed by atoms with Crippen LogP contribution in [0.3, 0.4) is 0 Å². The van der Waals surface area contributed by atoms with E-state index in [-0.39, 0.29) is 30.9 Å². The van der Waals surface area contributed by atoms with Gasteiger partial charge in [-0.2, -0.15) is 0 Å². The largest absolute Gasteiger partial charge is 0.394 e. The van der Waals surface area contributed by atoms with Gasteiger partial charge in [0.2, 0.25) is 14.3 Å². The lowest BCUT2D eigenvalue weighted by Gasteiger charge is -2.37. The highest BCUT2D eigenvalue weighted by Gasteiger charge is 2.67. The Morgan fingerprint density at radius 1 is 1.10 bits per heavy atom. The van der Waals surface area contributed by atoms with Crippen LogP contribution < -0.4 is 4.90 Å². The number of carbonyl (C=O) groups excluding carboxylic acids is 2. The van der Waals surface area contributed by atoms with E-state index in [0.29, 0.717) is 13.0 Å². The first-order valence-electron chi connectivity index (χ1n) is 14.1. The van der Waals surface area contributed by atoms with Crippen molar-refractivity contribution in [1.82, 2.24) is 4.90 Å². The SMILES string of the molecule is C[C@H]1[C@H]([Si](C)(C)F)[C@@H](CC(=O)N2Cc3ccccc3C[C@H]2CO)O[C@]12C(=O)N(c1ccccc1)c1ccc(I)cc12. The predicted molar refractivity (Wildman–Crippen MR) is 167 cm³/mol. The molecule has 6 nitrogen and oxygen atoms in total. The number of fused-ring (bicyclic) bond motifs is 3. The molecule has 1 N–H and O–H groups in total. The number of amides is 2. The number of aliphatic hydroxyl groups is 1. The Bertz CT molecular complexity index is 1500. The maximum atomic E-state index is 16.2. The molecule has 2 amide bonds. The summed E-state index contributed by atoms with van der Waals surface area (Å²) in [6, 6.07) is 22.9. The molecule has 1 saturated heterocycles. The van der Waals surface area contributed by atoms with Gasteiger partial charge in [0.25, 0.3) is 5.91 Å². The van der Waals surface area contributed by atoms with E-state index in [9.17, 15) is 14.7 Å². The van der Waals surface area contributed by atoms with E-state index in [1.807, 2.05) is 79.7 Å². The summed E-state index contributed by atoms with van der Waals surface area (Å²) in [5, 5.41) is 10.2. The third-order valence-electron chi connectivity index (χ3n) is 9.11. The number of aliphatic hydroxyl groups excluding tert-OH is 1. The first-order chi connectivity index (χ1) is 19.6. The average molecular weight is 685 g/mol. The van der Waals surface area contributed by atoms with Gasteiger partial charge in [0.15, 0.2) is 5.60 Å². The fourth-order valence-corrected chi connectivity index (χ4v) is 10.3. The first-order valence-corrected chi connectivity index (χ1v) is 18.1. The summed E-state index contributed by atoms with van der Waals surface area (Å²) in [6.07, 6.45) is -0.257. The minimum atomic E-state index is -3.43. The van der Waals surface area contributed by atoms with Crippen LogP contribution in [0.15, 0.2) is 72.8 Å². The third kappa shape index (κ3) is 4.65. The minimum Gasteiger partial charge on any atom is -0.394 e. The number of para-hydroxylation sites is 1. The quantitative estimate of drug-likeness (QED) is 0.201. The van der Waals surface area contributed by atoms with Gasteiger partial charge in [0.05, 0.1) is 30.9 Å². The predicted octanol–water partition coefficient (Wildman–Crippen LogP) is 6.08. The fraction of sp³-hybridized carbons (Fsp3) is 0.375. The van der Waals surface area contributed by atoms with Crippen molar-refractivity contribution >= 4 is 54.2 Å². The lowest BCUT2D eigenvalue weighted by atomic mass is 9.82. The molecule has 41 heavy (non-hydrogen) atoms. The minimum absolute atomic E-state index is 0.0480. The molecule has 0 aliphatic carbocycles. The van der Waals surface area contributed by atoms with E-state index in [4.69, 9.17) is 4.74 Å². The number of hydrogen-bond donors (Lipinski definition) is 1. The van der Waals surface area contributed by atoms with Gasteiger partial charge in [-0.15, -0.1) is 0 Å². The van der Waals surface area contributed by atoms with Crippen molar-refractivity contribution in [2.45, 2.75) is 62.7 Å². The maximum Gasteiger partial charge on any atom is 0.268 e. The van der Waals surface area contributed by atoms with Crippen LogP contribution in [0.5, 0.6) is 0 Å². The van der Waals surface area contributed by atoms with Crippen LogP contribution in [-0.4, -0.2) is 49.0 Å². The molecule has 3 heterocycles. The normalized spacial score (nSPS) is 27.3. The van der Waals surface area contributed by atoms with Gasteiger partial charge in [-0.25, -0.2) is 0 Å². The summed E-state index contributed by atoms with van der Waals surface area (Å²) < 4.78 is 24.0. The Hall–Kier alpha value is -2.60. The highest BCUT2D eigenvalue weighted by molar-refractivity contribution is 14.1. The summed E-state index contributed by atoms with van der Waals surface area (Å²) >= 11 is 2.23. The molecule has 6 rings (SSSR count). The number of halogens is 2. The number of carbonyl (C=O) groups is 2. The standard InChI is InChI=1S/C32H34FIN2O4Si/c1-20-30(41(2,3)33)28(17-29(38)35-18-22-10-8-7-9-21(22)15-25(35)19-37)40-32(20)26-16-23(34)13-14-27(26)36(31(32)39)24-11-5-4-6-12-24/h4-14,16,20,25,28,30,37H,15,17-19H2,1-3H3/t20-,25-,28+,30-,32+/m0/s1. The van der Waals surface area contributed by atoms with Gasteiger partial charge < -0.3 is 18.9 Å². The van der Waals surface area contributed by atoms with E-state index in [1.165, 1.54) is 0 Å². The average Bonchev–Trinajstić information content (AvgIpc) is 3.38. The molecule has 0 unspecified atom stereocenters. The lowest BCUT2D eigenvalue weighted by molar-refractivity contribution is -0.150. The van der Waals surface area contributed by atoms with Crippen LogP contribution in [0.1, 0.15) is 30.0 Å². The van der Waals surface area contributed by atoms with Crippen molar-refractivity contribution in [3.8, 4) is 0 Å². The number of benzene rings is 3. The van der Waals surface area contributed by atoms with Crippen LogP contribution in [0.25, 0.3) is 0 Å². The fourth-order valence-electron chi connectivity index (χ4n) is 7.31. The lowest BCUT2D eigenvalue weighted by Crippen LogP contribution is -2.48. The second kappa shape index (κ2) is 10.6. The van der Waals surface area contributed by atoms with Crippen LogP contribution in [0.4, 0.5) is 15.5 Å². The highest BCUT2D eigenvalue weighted by Crippen LogP contribution is 2.61. The van der Waals surface area contributed by atoms with Gasteiger partial charge >= 0.3 is 0 Å². The molecule has 0 saturated carbocycles. The molecule has 9 heteroatoms. The summed E-state index contributed by atoms with van der Waals surface area (Å²) in [6.45, 7) is 5.43. The molecule has 1 spiro atoms. The van der Waals surface area contributed by atoms with E-state index >= 15 is 4.11 Å². The summed E-state index contributed by atoms with van der Waals surface area (Å²) in [5.74, 6) is -0.920. The van der Waals surface area contributed by atoms with Crippen LogP contribution in [0, 0.1) is 9.49 Å². The zero-order chi connectivity index (χ0) is 29.1. The summed E-state index contributed by atoms with van der Waals surface area (Å²) in [7, 11) is -3.43. The zero-order valence-corrected chi connectivity index (χ0v) is 26.5. The number of nitrogens with zero attached hydrogens (tertiary/aromatic N) is 2.